The highest BCUT2D eigenvalue weighted by molar-refractivity contribution is 5.89. The maximum atomic E-state index is 11.7. The quantitative estimate of drug-likeness (QED) is 0.666. The van der Waals surface area contributed by atoms with Gasteiger partial charge in [-0.1, -0.05) is 38.8 Å². The first-order valence-electron chi connectivity index (χ1n) is 7.32. The molecule has 3 N–H and O–H groups in total. The molecule has 0 aliphatic carbocycles. The van der Waals surface area contributed by atoms with Crippen LogP contribution in [0.15, 0.2) is 24.3 Å². The van der Waals surface area contributed by atoms with Crippen molar-refractivity contribution in [1.82, 2.24) is 5.32 Å². The van der Waals surface area contributed by atoms with Crippen LogP contribution in [0, 0.1) is 5.92 Å². The standard InChI is InChI=1S/C16H26N2O2/c1-12(2)6-4-5-11-17-16(20)18-15-9-7-14(8-10-15)13(3)19/h7-10,12-13,19H,4-6,11H2,1-3H3,(H2,17,18,20). The van der Waals surface area contributed by atoms with E-state index in [1.54, 1.807) is 19.1 Å². The highest BCUT2D eigenvalue weighted by Gasteiger charge is 2.03. The minimum atomic E-state index is -0.487. The van der Waals surface area contributed by atoms with Gasteiger partial charge in [-0.15, -0.1) is 0 Å². The second-order valence-corrected chi connectivity index (χ2v) is 5.57. The molecule has 4 nitrogen and oxygen atoms in total. The van der Waals surface area contributed by atoms with Crippen LogP contribution in [0.2, 0.25) is 0 Å². The lowest BCUT2D eigenvalue weighted by Crippen LogP contribution is -2.29. The number of carbonyl (C=O) groups is 1. The number of amides is 2. The van der Waals surface area contributed by atoms with Gasteiger partial charge in [0.05, 0.1) is 6.10 Å². The van der Waals surface area contributed by atoms with Crippen LogP contribution in [0.3, 0.4) is 0 Å². The van der Waals surface area contributed by atoms with Crippen LogP contribution in [-0.2, 0) is 0 Å². The fourth-order valence-electron chi connectivity index (χ4n) is 1.90. The molecular weight excluding hydrogens is 252 g/mol. The number of anilines is 1. The number of nitrogens with one attached hydrogen (secondary N) is 2. The average molecular weight is 278 g/mol. The van der Waals surface area contributed by atoms with E-state index in [-0.39, 0.29) is 6.03 Å². The number of hydrogen-bond donors (Lipinski definition) is 3. The molecule has 0 spiro atoms. The van der Waals surface area contributed by atoms with Crippen molar-refractivity contribution in [3.8, 4) is 0 Å². The van der Waals surface area contributed by atoms with Crippen molar-refractivity contribution < 1.29 is 9.90 Å². The molecule has 0 saturated heterocycles. The second kappa shape index (κ2) is 8.59. The van der Waals surface area contributed by atoms with Crippen LogP contribution in [0.1, 0.15) is 51.7 Å². The average Bonchev–Trinajstić information content (AvgIpc) is 2.38. The second-order valence-electron chi connectivity index (χ2n) is 5.57. The molecular formula is C16H26N2O2. The molecule has 112 valence electrons. The predicted molar refractivity (Wildman–Crippen MR) is 82.8 cm³/mol. The number of rotatable bonds is 7. The van der Waals surface area contributed by atoms with Gasteiger partial charge in [0.25, 0.3) is 0 Å². The van der Waals surface area contributed by atoms with Crippen molar-refractivity contribution in [2.24, 2.45) is 5.92 Å². The summed E-state index contributed by atoms with van der Waals surface area (Å²) in [5, 5.41) is 15.0. The van der Waals surface area contributed by atoms with Gasteiger partial charge in [-0.2, -0.15) is 0 Å². The monoisotopic (exact) mass is 278 g/mol. The van der Waals surface area contributed by atoms with Crippen LogP contribution in [0.5, 0.6) is 0 Å². The summed E-state index contributed by atoms with van der Waals surface area (Å²) in [6, 6.07) is 7.02. The SMILES string of the molecule is CC(C)CCCCNC(=O)Nc1ccc(C(C)O)cc1. The minimum Gasteiger partial charge on any atom is -0.389 e. The van der Waals surface area contributed by atoms with Gasteiger partial charge < -0.3 is 15.7 Å². The molecule has 1 aromatic carbocycles. The summed E-state index contributed by atoms with van der Waals surface area (Å²) >= 11 is 0. The van der Waals surface area contributed by atoms with Gasteiger partial charge in [0.2, 0.25) is 0 Å². The van der Waals surface area contributed by atoms with Crippen molar-refractivity contribution >= 4 is 11.7 Å². The van der Waals surface area contributed by atoms with E-state index in [9.17, 15) is 9.90 Å². The third-order valence-corrected chi connectivity index (χ3v) is 3.14. The summed E-state index contributed by atoms with van der Waals surface area (Å²) in [6.07, 6.45) is 2.86. The molecule has 20 heavy (non-hydrogen) atoms. The Bertz CT molecular complexity index is 399. The fourth-order valence-corrected chi connectivity index (χ4v) is 1.90. The Balaban J connectivity index is 2.25. The number of urea groups is 1. The van der Waals surface area contributed by atoms with Gasteiger partial charge in [0.15, 0.2) is 0 Å². The lowest BCUT2D eigenvalue weighted by atomic mass is 10.1. The van der Waals surface area contributed by atoms with Crippen LogP contribution < -0.4 is 10.6 Å². The molecule has 0 aliphatic heterocycles. The normalized spacial score (nSPS) is 12.2. The molecule has 0 aromatic heterocycles. The van der Waals surface area contributed by atoms with Gasteiger partial charge in [-0.05, 0) is 37.0 Å². The first-order valence-corrected chi connectivity index (χ1v) is 7.32. The Hall–Kier alpha value is -1.55. The molecule has 0 bridgehead atoms. The highest BCUT2D eigenvalue weighted by atomic mass is 16.3. The van der Waals surface area contributed by atoms with Gasteiger partial charge in [-0.3, -0.25) is 0 Å². The summed E-state index contributed by atoms with van der Waals surface area (Å²) in [5.41, 5.74) is 1.57. The summed E-state index contributed by atoms with van der Waals surface area (Å²) in [6.45, 7) is 6.82. The maximum Gasteiger partial charge on any atom is 0.319 e. The zero-order chi connectivity index (χ0) is 15.0. The van der Waals surface area contributed by atoms with E-state index in [1.165, 1.54) is 6.42 Å². The summed E-state index contributed by atoms with van der Waals surface area (Å²) < 4.78 is 0. The van der Waals surface area contributed by atoms with Crippen LogP contribution in [0.4, 0.5) is 10.5 Å². The lowest BCUT2D eigenvalue weighted by molar-refractivity contribution is 0.199. The fraction of sp³-hybridized carbons (Fsp3) is 0.562. The van der Waals surface area contributed by atoms with E-state index >= 15 is 0 Å². The van der Waals surface area contributed by atoms with Crippen LogP contribution in [-0.4, -0.2) is 17.7 Å². The molecule has 1 aromatic rings. The van der Waals surface area contributed by atoms with Crippen molar-refractivity contribution in [1.29, 1.82) is 0 Å². The molecule has 0 fully saturated rings. The third kappa shape index (κ3) is 6.57. The lowest BCUT2D eigenvalue weighted by Gasteiger charge is -2.09. The van der Waals surface area contributed by atoms with Crippen molar-refractivity contribution in [3.63, 3.8) is 0 Å². The minimum absolute atomic E-state index is 0.181. The molecule has 1 rings (SSSR count). The number of unbranched alkanes of at least 4 members (excludes halogenated alkanes) is 1. The molecule has 2 amide bonds. The van der Waals surface area contributed by atoms with E-state index < -0.39 is 6.10 Å². The molecule has 0 aliphatic rings. The van der Waals surface area contributed by atoms with Gasteiger partial charge in [0, 0.05) is 12.2 Å². The summed E-state index contributed by atoms with van der Waals surface area (Å²) in [5.74, 6) is 0.719. The van der Waals surface area contributed by atoms with Crippen molar-refractivity contribution in [2.75, 3.05) is 11.9 Å². The van der Waals surface area contributed by atoms with E-state index in [1.807, 2.05) is 12.1 Å². The smallest absolute Gasteiger partial charge is 0.319 e. The Labute approximate surface area is 121 Å². The van der Waals surface area contributed by atoms with Crippen molar-refractivity contribution in [2.45, 2.75) is 46.1 Å². The molecule has 0 saturated carbocycles. The van der Waals surface area contributed by atoms with Gasteiger partial charge in [-0.25, -0.2) is 4.79 Å². The van der Waals surface area contributed by atoms with Gasteiger partial charge in [0.1, 0.15) is 0 Å². The summed E-state index contributed by atoms with van der Waals surface area (Å²) in [4.78, 5) is 11.7. The first-order chi connectivity index (χ1) is 9.49. The van der Waals surface area contributed by atoms with E-state index in [4.69, 9.17) is 0 Å². The molecule has 4 heteroatoms. The van der Waals surface area contributed by atoms with E-state index in [0.717, 1.165) is 30.0 Å². The topological polar surface area (TPSA) is 61.4 Å². The molecule has 0 heterocycles. The Morgan fingerprint density at radius 1 is 1.15 bits per heavy atom. The molecule has 0 radical (unpaired) electrons. The summed E-state index contributed by atoms with van der Waals surface area (Å²) in [7, 11) is 0. The first kappa shape index (κ1) is 16.5. The molecule has 1 atom stereocenters. The zero-order valence-corrected chi connectivity index (χ0v) is 12.6. The van der Waals surface area contributed by atoms with Crippen LogP contribution >= 0.6 is 0 Å². The van der Waals surface area contributed by atoms with E-state index in [0.29, 0.717) is 6.54 Å². The number of benzene rings is 1. The Morgan fingerprint density at radius 2 is 1.80 bits per heavy atom. The van der Waals surface area contributed by atoms with Crippen molar-refractivity contribution in [3.05, 3.63) is 29.8 Å². The maximum absolute atomic E-state index is 11.7. The Kier molecular flexibility index (Phi) is 7.09. The molecule has 1 unspecified atom stereocenters. The zero-order valence-electron chi connectivity index (χ0n) is 12.6. The predicted octanol–water partition coefficient (Wildman–Crippen LogP) is 3.69. The number of carbonyl (C=O) groups excluding carboxylic acids is 1. The number of hydrogen-bond acceptors (Lipinski definition) is 2. The third-order valence-electron chi connectivity index (χ3n) is 3.14. The van der Waals surface area contributed by atoms with Gasteiger partial charge >= 0.3 is 6.03 Å². The largest absolute Gasteiger partial charge is 0.389 e. The highest BCUT2D eigenvalue weighted by Crippen LogP contribution is 2.15. The van der Waals surface area contributed by atoms with E-state index in [2.05, 4.69) is 24.5 Å². The number of aliphatic hydroxyl groups is 1. The van der Waals surface area contributed by atoms with Crippen LogP contribution in [0.25, 0.3) is 0 Å². The Morgan fingerprint density at radius 3 is 2.35 bits per heavy atom. The number of aliphatic hydroxyl groups excluding tert-OH is 1.